The first-order chi connectivity index (χ1) is 5.20. The molecular formula is C10H17N. The molecule has 1 N–H and O–H groups in total. The summed E-state index contributed by atoms with van der Waals surface area (Å²) in [7, 11) is 0. The van der Waals surface area contributed by atoms with Crippen LogP contribution in [-0.2, 0) is 0 Å². The predicted octanol–water partition coefficient (Wildman–Crippen LogP) is 2.61. The van der Waals surface area contributed by atoms with Crippen LogP contribution >= 0.6 is 0 Å². The Bertz CT molecular complexity index is 191. The molecule has 1 heteroatoms. The zero-order chi connectivity index (χ0) is 8.32. The maximum absolute atomic E-state index is 3.40. The van der Waals surface area contributed by atoms with Gasteiger partial charge >= 0.3 is 0 Å². The van der Waals surface area contributed by atoms with Crippen LogP contribution in [0.15, 0.2) is 23.9 Å². The van der Waals surface area contributed by atoms with Crippen molar-refractivity contribution in [1.82, 2.24) is 5.32 Å². The Morgan fingerprint density at radius 2 is 2.18 bits per heavy atom. The first kappa shape index (κ1) is 8.38. The zero-order valence-corrected chi connectivity index (χ0v) is 7.65. The number of allylic oxidation sites excluding steroid dienone is 2. The van der Waals surface area contributed by atoms with Crippen LogP contribution in [-0.4, -0.2) is 5.54 Å². The molecule has 0 aliphatic carbocycles. The fourth-order valence-electron chi connectivity index (χ4n) is 1.08. The molecule has 1 aliphatic heterocycles. The number of nitrogens with one attached hydrogen (secondary N) is 1. The van der Waals surface area contributed by atoms with E-state index in [-0.39, 0.29) is 5.54 Å². The summed E-state index contributed by atoms with van der Waals surface area (Å²) < 4.78 is 0. The van der Waals surface area contributed by atoms with Crippen LogP contribution < -0.4 is 5.32 Å². The minimum atomic E-state index is 0.193. The molecule has 0 saturated carbocycles. The molecule has 1 aliphatic rings. The maximum atomic E-state index is 3.40. The van der Waals surface area contributed by atoms with Gasteiger partial charge in [0, 0.05) is 6.20 Å². The smallest absolute Gasteiger partial charge is 0.0523 e. The van der Waals surface area contributed by atoms with Crippen LogP contribution in [0.3, 0.4) is 0 Å². The summed E-state index contributed by atoms with van der Waals surface area (Å²) in [5.74, 6) is 0. The van der Waals surface area contributed by atoms with Gasteiger partial charge in [-0.15, -0.1) is 0 Å². The molecule has 0 radical (unpaired) electrons. The van der Waals surface area contributed by atoms with Crippen LogP contribution in [0, 0.1) is 0 Å². The van der Waals surface area contributed by atoms with Crippen LogP contribution in [0.25, 0.3) is 0 Å². The molecule has 0 saturated heterocycles. The van der Waals surface area contributed by atoms with E-state index in [0.29, 0.717) is 0 Å². The molecule has 1 rings (SSSR count). The van der Waals surface area contributed by atoms with E-state index in [1.54, 1.807) is 0 Å². The molecule has 0 aromatic rings. The highest BCUT2D eigenvalue weighted by molar-refractivity contribution is 5.26. The van der Waals surface area contributed by atoms with Gasteiger partial charge in [0.1, 0.15) is 0 Å². The van der Waals surface area contributed by atoms with E-state index in [1.807, 2.05) is 0 Å². The largest absolute Gasteiger partial charge is 0.382 e. The highest BCUT2D eigenvalue weighted by Gasteiger charge is 2.17. The number of rotatable bonds is 2. The summed E-state index contributed by atoms with van der Waals surface area (Å²) in [6.07, 6.45) is 8.86. The van der Waals surface area contributed by atoms with E-state index in [1.165, 1.54) is 5.57 Å². The summed E-state index contributed by atoms with van der Waals surface area (Å²) in [4.78, 5) is 0. The van der Waals surface area contributed by atoms with Crippen LogP contribution in [0.4, 0.5) is 0 Å². The molecule has 1 unspecified atom stereocenters. The lowest BCUT2D eigenvalue weighted by Crippen LogP contribution is -2.37. The average molecular weight is 151 g/mol. The monoisotopic (exact) mass is 151 g/mol. The van der Waals surface area contributed by atoms with Crippen LogP contribution in [0.2, 0.25) is 0 Å². The van der Waals surface area contributed by atoms with Crippen molar-refractivity contribution in [3.05, 3.63) is 23.9 Å². The van der Waals surface area contributed by atoms with Crippen LogP contribution in [0.5, 0.6) is 0 Å². The molecule has 0 spiro atoms. The molecule has 1 heterocycles. The first-order valence-corrected chi connectivity index (χ1v) is 4.36. The van der Waals surface area contributed by atoms with Gasteiger partial charge in [-0.25, -0.2) is 0 Å². The van der Waals surface area contributed by atoms with Crippen molar-refractivity contribution in [1.29, 1.82) is 0 Å². The van der Waals surface area contributed by atoms with Crippen molar-refractivity contribution in [2.45, 2.75) is 39.2 Å². The van der Waals surface area contributed by atoms with Gasteiger partial charge in [-0.05, 0) is 25.3 Å². The highest BCUT2D eigenvalue weighted by atomic mass is 14.9. The minimum Gasteiger partial charge on any atom is -0.382 e. The van der Waals surface area contributed by atoms with Gasteiger partial charge in [-0.1, -0.05) is 26.0 Å². The Morgan fingerprint density at radius 3 is 2.55 bits per heavy atom. The lowest BCUT2D eigenvalue weighted by Gasteiger charge is -2.28. The highest BCUT2D eigenvalue weighted by Crippen LogP contribution is 2.18. The molecule has 0 aromatic heterocycles. The van der Waals surface area contributed by atoms with E-state index >= 15 is 0 Å². The first-order valence-electron chi connectivity index (χ1n) is 4.36. The third-order valence-electron chi connectivity index (χ3n) is 2.40. The molecular weight excluding hydrogens is 134 g/mol. The molecule has 0 fully saturated rings. The molecule has 0 bridgehead atoms. The van der Waals surface area contributed by atoms with E-state index in [4.69, 9.17) is 0 Å². The molecule has 62 valence electrons. The van der Waals surface area contributed by atoms with Gasteiger partial charge in [-0.2, -0.15) is 0 Å². The zero-order valence-electron chi connectivity index (χ0n) is 7.65. The van der Waals surface area contributed by atoms with E-state index < -0.39 is 0 Å². The third kappa shape index (κ3) is 1.86. The molecule has 0 amide bonds. The van der Waals surface area contributed by atoms with E-state index in [9.17, 15) is 0 Å². The molecule has 1 atom stereocenters. The number of hydrogen-bond acceptors (Lipinski definition) is 1. The Morgan fingerprint density at radius 1 is 1.45 bits per heavy atom. The van der Waals surface area contributed by atoms with Crippen molar-refractivity contribution in [3.63, 3.8) is 0 Å². The Kier molecular flexibility index (Phi) is 2.38. The second kappa shape index (κ2) is 3.12. The topological polar surface area (TPSA) is 12.0 Å². The Labute approximate surface area is 69.2 Å². The quantitative estimate of drug-likeness (QED) is 0.639. The summed E-state index contributed by atoms with van der Waals surface area (Å²) >= 11 is 0. The summed E-state index contributed by atoms with van der Waals surface area (Å²) in [6, 6.07) is 0. The standard InChI is InChI=1S/C10H17N/c1-4-9-6-7-10(3,5-2)11-8-9/h6-8,11H,4-5H2,1-3H3. The van der Waals surface area contributed by atoms with Crippen molar-refractivity contribution in [2.24, 2.45) is 0 Å². The van der Waals surface area contributed by atoms with Crippen molar-refractivity contribution < 1.29 is 0 Å². The third-order valence-corrected chi connectivity index (χ3v) is 2.40. The van der Waals surface area contributed by atoms with Gasteiger partial charge in [0.15, 0.2) is 0 Å². The summed E-state index contributed by atoms with van der Waals surface area (Å²) in [5.41, 5.74) is 1.58. The Hall–Kier alpha value is -0.720. The molecule has 11 heavy (non-hydrogen) atoms. The maximum Gasteiger partial charge on any atom is 0.0523 e. The second-order valence-electron chi connectivity index (χ2n) is 3.32. The SMILES string of the molecule is CCC1=CNC(C)(CC)C=C1. The van der Waals surface area contributed by atoms with E-state index in [2.05, 4.69) is 44.4 Å². The number of hydrogen-bond donors (Lipinski definition) is 1. The van der Waals surface area contributed by atoms with Crippen LogP contribution in [0.1, 0.15) is 33.6 Å². The summed E-state index contributed by atoms with van der Waals surface area (Å²) in [5, 5.41) is 3.40. The predicted molar refractivity (Wildman–Crippen MR) is 49.3 cm³/mol. The fourth-order valence-corrected chi connectivity index (χ4v) is 1.08. The fraction of sp³-hybridized carbons (Fsp3) is 0.600. The lowest BCUT2D eigenvalue weighted by molar-refractivity contribution is 0.476. The normalized spacial score (nSPS) is 29.5. The second-order valence-corrected chi connectivity index (χ2v) is 3.32. The van der Waals surface area contributed by atoms with Crippen molar-refractivity contribution in [2.75, 3.05) is 0 Å². The molecule has 1 nitrogen and oxygen atoms in total. The van der Waals surface area contributed by atoms with Gasteiger partial charge < -0.3 is 5.32 Å². The van der Waals surface area contributed by atoms with Crippen molar-refractivity contribution in [3.8, 4) is 0 Å². The number of dihydropyridines is 1. The lowest BCUT2D eigenvalue weighted by atomic mass is 9.94. The van der Waals surface area contributed by atoms with Gasteiger partial charge in [0.05, 0.1) is 5.54 Å². The van der Waals surface area contributed by atoms with Gasteiger partial charge in [0.25, 0.3) is 0 Å². The minimum absolute atomic E-state index is 0.193. The van der Waals surface area contributed by atoms with Crippen molar-refractivity contribution >= 4 is 0 Å². The average Bonchev–Trinajstić information content (AvgIpc) is 2.06. The van der Waals surface area contributed by atoms with Gasteiger partial charge in [0.2, 0.25) is 0 Å². The van der Waals surface area contributed by atoms with Gasteiger partial charge in [-0.3, -0.25) is 0 Å². The Balaban J connectivity index is 2.63. The molecule has 0 aromatic carbocycles. The summed E-state index contributed by atoms with van der Waals surface area (Å²) in [6.45, 7) is 6.58. The van der Waals surface area contributed by atoms with E-state index in [0.717, 1.165) is 12.8 Å².